The number of amides is 1. The zero-order valence-corrected chi connectivity index (χ0v) is 7.34. The summed E-state index contributed by atoms with van der Waals surface area (Å²) in [5.74, 6) is 0. The average molecular weight is 158 g/mol. The van der Waals surface area contributed by atoms with E-state index in [9.17, 15) is 4.79 Å². The molecule has 4 nitrogen and oxygen atoms in total. The number of hydrogen-bond acceptors (Lipinski definition) is 3. The Morgan fingerprint density at radius 1 is 1.45 bits per heavy atom. The molecule has 0 aromatic rings. The predicted octanol–water partition coefficient (Wildman–Crippen LogP) is 1.52. The maximum absolute atomic E-state index is 10.7. The van der Waals surface area contributed by atoms with Gasteiger partial charge in [-0.2, -0.15) is 0 Å². The van der Waals surface area contributed by atoms with E-state index >= 15 is 0 Å². The van der Waals surface area contributed by atoms with Crippen molar-refractivity contribution in [1.29, 1.82) is 0 Å². The van der Waals surface area contributed by atoms with Gasteiger partial charge in [-0.3, -0.25) is 4.84 Å². The maximum atomic E-state index is 10.7. The summed E-state index contributed by atoms with van der Waals surface area (Å²) in [5, 5.41) is 6.01. The Bertz CT molecular complexity index is 160. The second-order valence-electron chi connectivity index (χ2n) is 2.72. The normalized spacial score (nSPS) is 9.18. The highest BCUT2D eigenvalue weighted by Gasteiger charge is 2.01. The molecule has 0 saturated carbocycles. The summed E-state index contributed by atoms with van der Waals surface area (Å²) >= 11 is 0. The highest BCUT2D eigenvalue weighted by molar-refractivity contribution is 5.79. The molecule has 0 atom stereocenters. The molecule has 0 aliphatic heterocycles. The van der Waals surface area contributed by atoms with Crippen LogP contribution in [-0.2, 0) is 4.84 Å². The first kappa shape index (κ1) is 9.94. The van der Waals surface area contributed by atoms with Gasteiger partial charge in [0, 0.05) is 6.04 Å². The Labute approximate surface area is 66.6 Å². The average Bonchev–Trinajstić information content (AvgIpc) is 1.82. The summed E-state index contributed by atoms with van der Waals surface area (Å²) in [6, 6.07) is 0.0786. The van der Waals surface area contributed by atoms with Gasteiger partial charge in [0.1, 0.15) is 0 Å². The molecule has 0 saturated heterocycles. The van der Waals surface area contributed by atoms with Gasteiger partial charge in [-0.25, -0.2) is 4.79 Å². The van der Waals surface area contributed by atoms with Crippen molar-refractivity contribution >= 4 is 11.8 Å². The van der Waals surface area contributed by atoms with Crippen molar-refractivity contribution in [3.05, 3.63) is 0 Å². The van der Waals surface area contributed by atoms with Crippen LogP contribution in [0.5, 0.6) is 0 Å². The van der Waals surface area contributed by atoms with Crippen LogP contribution in [0.3, 0.4) is 0 Å². The molecular weight excluding hydrogens is 144 g/mol. The van der Waals surface area contributed by atoms with E-state index < -0.39 is 6.09 Å². The van der Waals surface area contributed by atoms with E-state index in [1.807, 2.05) is 13.8 Å². The fraction of sp³-hybridized carbons (Fsp3) is 0.714. The first-order valence-corrected chi connectivity index (χ1v) is 3.51. The lowest BCUT2D eigenvalue weighted by Gasteiger charge is -2.04. The Morgan fingerprint density at radius 2 is 2.00 bits per heavy atom. The smallest absolute Gasteiger partial charge is 0.317 e. The number of oxime groups is 1. The van der Waals surface area contributed by atoms with Gasteiger partial charge in [-0.15, -0.1) is 0 Å². The third-order valence-corrected chi connectivity index (χ3v) is 0.718. The fourth-order valence-corrected chi connectivity index (χ4v) is 0.395. The van der Waals surface area contributed by atoms with Gasteiger partial charge in [0.2, 0.25) is 0 Å². The summed E-state index contributed by atoms with van der Waals surface area (Å²) in [6.45, 7) is 7.21. The second kappa shape index (κ2) is 4.71. The largest absolute Gasteiger partial charge is 0.433 e. The van der Waals surface area contributed by atoms with E-state index in [1.165, 1.54) is 0 Å². The van der Waals surface area contributed by atoms with E-state index in [-0.39, 0.29) is 6.04 Å². The lowest BCUT2D eigenvalue weighted by molar-refractivity contribution is 0.148. The Hall–Kier alpha value is -1.06. The second-order valence-corrected chi connectivity index (χ2v) is 2.72. The molecule has 0 aliphatic carbocycles. The van der Waals surface area contributed by atoms with E-state index in [4.69, 9.17) is 0 Å². The van der Waals surface area contributed by atoms with E-state index in [2.05, 4.69) is 15.3 Å². The molecule has 1 N–H and O–H groups in total. The Balaban J connectivity index is 3.62. The van der Waals surface area contributed by atoms with Crippen molar-refractivity contribution in [1.82, 2.24) is 5.32 Å². The van der Waals surface area contributed by atoms with Crippen molar-refractivity contribution < 1.29 is 9.63 Å². The van der Waals surface area contributed by atoms with Crippen LogP contribution >= 0.6 is 0 Å². The first-order chi connectivity index (χ1) is 5.02. The highest BCUT2D eigenvalue weighted by atomic mass is 16.7. The SMILES string of the molecule is CC(C)=NOC(=O)NC(C)C. The fourth-order valence-electron chi connectivity index (χ4n) is 0.395. The predicted molar refractivity (Wildman–Crippen MR) is 43.5 cm³/mol. The number of nitrogens with zero attached hydrogens (tertiary/aromatic N) is 1. The molecule has 0 unspecified atom stereocenters. The van der Waals surface area contributed by atoms with Gasteiger partial charge < -0.3 is 5.32 Å². The molecule has 0 aromatic heterocycles. The zero-order chi connectivity index (χ0) is 8.85. The molecule has 0 rings (SSSR count). The molecule has 11 heavy (non-hydrogen) atoms. The lowest BCUT2D eigenvalue weighted by atomic mass is 10.4. The quantitative estimate of drug-likeness (QED) is 0.376. The van der Waals surface area contributed by atoms with Crippen LogP contribution in [0.1, 0.15) is 27.7 Å². The van der Waals surface area contributed by atoms with Gasteiger partial charge in [-0.1, -0.05) is 5.16 Å². The van der Waals surface area contributed by atoms with E-state index in [0.717, 1.165) is 0 Å². The number of nitrogens with one attached hydrogen (secondary N) is 1. The van der Waals surface area contributed by atoms with E-state index in [1.54, 1.807) is 13.8 Å². The van der Waals surface area contributed by atoms with Crippen molar-refractivity contribution in [3.8, 4) is 0 Å². The van der Waals surface area contributed by atoms with Crippen LogP contribution in [0.2, 0.25) is 0 Å². The Kier molecular flexibility index (Phi) is 4.26. The van der Waals surface area contributed by atoms with Crippen LogP contribution in [-0.4, -0.2) is 17.8 Å². The number of carbonyl (C=O) groups is 1. The minimum atomic E-state index is -0.513. The lowest BCUT2D eigenvalue weighted by Crippen LogP contribution is -2.29. The molecule has 4 heteroatoms. The molecule has 0 bridgehead atoms. The zero-order valence-electron chi connectivity index (χ0n) is 7.34. The monoisotopic (exact) mass is 158 g/mol. The van der Waals surface area contributed by atoms with Gasteiger partial charge in [0.15, 0.2) is 0 Å². The van der Waals surface area contributed by atoms with Crippen LogP contribution in [0.4, 0.5) is 4.79 Å². The number of carbonyl (C=O) groups excluding carboxylic acids is 1. The van der Waals surface area contributed by atoms with Crippen LogP contribution in [0.15, 0.2) is 5.16 Å². The molecule has 0 aliphatic rings. The summed E-state index contributed by atoms with van der Waals surface area (Å²) in [6.07, 6.45) is -0.513. The van der Waals surface area contributed by atoms with Crippen LogP contribution in [0, 0.1) is 0 Å². The molecular formula is C7H14N2O2. The van der Waals surface area contributed by atoms with E-state index in [0.29, 0.717) is 5.71 Å². The van der Waals surface area contributed by atoms with Crippen molar-refractivity contribution in [2.75, 3.05) is 0 Å². The number of hydrogen-bond donors (Lipinski definition) is 1. The van der Waals surface area contributed by atoms with Gasteiger partial charge in [-0.05, 0) is 27.7 Å². The molecule has 0 aromatic carbocycles. The third kappa shape index (κ3) is 6.83. The summed E-state index contributed by atoms with van der Waals surface area (Å²) < 4.78 is 0. The molecule has 1 amide bonds. The van der Waals surface area contributed by atoms with Crippen molar-refractivity contribution in [2.45, 2.75) is 33.7 Å². The summed E-state index contributed by atoms with van der Waals surface area (Å²) in [7, 11) is 0. The highest BCUT2D eigenvalue weighted by Crippen LogP contribution is 1.84. The minimum Gasteiger partial charge on any atom is -0.317 e. The molecule has 0 heterocycles. The van der Waals surface area contributed by atoms with Crippen molar-refractivity contribution in [3.63, 3.8) is 0 Å². The van der Waals surface area contributed by atoms with Crippen molar-refractivity contribution in [2.24, 2.45) is 5.16 Å². The molecule has 0 radical (unpaired) electrons. The van der Waals surface area contributed by atoms with Gasteiger partial charge in [0.25, 0.3) is 0 Å². The van der Waals surface area contributed by atoms with Crippen LogP contribution in [0.25, 0.3) is 0 Å². The number of rotatable bonds is 2. The first-order valence-electron chi connectivity index (χ1n) is 3.51. The van der Waals surface area contributed by atoms with Crippen LogP contribution < -0.4 is 5.32 Å². The minimum absolute atomic E-state index is 0.0786. The van der Waals surface area contributed by atoms with Gasteiger partial charge >= 0.3 is 6.09 Å². The molecule has 64 valence electrons. The standard InChI is InChI=1S/C7H14N2O2/c1-5(2)8-7(10)11-9-6(3)4/h5H,1-4H3,(H,8,10). The topological polar surface area (TPSA) is 50.7 Å². The molecule has 0 spiro atoms. The summed E-state index contributed by atoms with van der Waals surface area (Å²) in [5.41, 5.74) is 0.712. The third-order valence-electron chi connectivity index (χ3n) is 0.718. The Morgan fingerprint density at radius 3 is 2.36 bits per heavy atom. The summed E-state index contributed by atoms with van der Waals surface area (Å²) in [4.78, 5) is 15.2. The maximum Gasteiger partial charge on any atom is 0.433 e. The van der Waals surface area contributed by atoms with Gasteiger partial charge in [0.05, 0.1) is 5.71 Å². The molecule has 0 fully saturated rings.